The van der Waals surface area contributed by atoms with E-state index in [2.05, 4.69) is 20.4 Å². The van der Waals surface area contributed by atoms with Crippen LogP contribution >= 0.6 is 0 Å². The molecule has 4 rings (SSSR count). The Morgan fingerprint density at radius 3 is 2.85 bits per heavy atom. The molecule has 0 spiro atoms. The molecule has 2 aromatic heterocycles. The minimum Gasteiger partial charge on any atom is -0.469 e. The van der Waals surface area contributed by atoms with Gasteiger partial charge in [-0.1, -0.05) is 31.0 Å². The molecule has 0 radical (unpaired) electrons. The third-order valence-electron chi connectivity index (χ3n) is 5.31. The number of ether oxygens (including phenoxy) is 1. The number of aromatic nitrogens is 4. The summed E-state index contributed by atoms with van der Waals surface area (Å²) in [6.45, 7) is 0.683. The zero-order valence-electron chi connectivity index (χ0n) is 15.3. The van der Waals surface area contributed by atoms with Crippen LogP contribution in [-0.2, 0) is 9.53 Å². The van der Waals surface area contributed by atoms with Gasteiger partial charge < -0.3 is 10.1 Å². The standard InChI is InChI=1S/C20H23N5O2/c1-27-20(26)16-10-6-5-7-14(16)11-21-18-17-12-24-25(19(17)23-13-22-18)15-8-3-2-4-9-15/h2-4,8-9,12-14,16H,5-7,10-11H2,1H3,(H,21,22,23). The topological polar surface area (TPSA) is 81.9 Å². The van der Waals surface area contributed by atoms with E-state index in [9.17, 15) is 4.79 Å². The number of benzene rings is 1. The van der Waals surface area contributed by atoms with Gasteiger partial charge in [-0.2, -0.15) is 5.10 Å². The minimum atomic E-state index is -0.105. The molecule has 2 heterocycles. The number of esters is 1. The molecule has 2 atom stereocenters. The van der Waals surface area contributed by atoms with Crippen molar-refractivity contribution in [3.63, 3.8) is 0 Å². The Balaban J connectivity index is 1.56. The molecule has 0 saturated heterocycles. The number of fused-ring (bicyclic) bond motifs is 1. The van der Waals surface area contributed by atoms with Crippen LogP contribution in [0.4, 0.5) is 5.82 Å². The summed E-state index contributed by atoms with van der Waals surface area (Å²) in [4.78, 5) is 20.9. The second-order valence-corrected chi connectivity index (χ2v) is 6.91. The maximum Gasteiger partial charge on any atom is 0.309 e. The number of para-hydroxylation sites is 1. The van der Waals surface area contributed by atoms with Crippen molar-refractivity contribution in [2.75, 3.05) is 19.0 Å². The van der Waals surface area contributed by atoms with Gasteiger partial charge in [-0.05, 0) is 30.9 Å². The van der Waals surface area contributed by atoms with Crippen molar-refractivity contribution >= 4 is 22.8 Å². The van der Waals surface area contributed by atoms with E-state index in [4.69, 9.17) is 4.74 Å². The van der Waals surface area contributed by atoms with Crippen LogP contribution in [0.5, 0.6) is 0 Å². The molecule has 0 bridgehead atoms. The largest absolute Gasteiger partial charge is 0.469 e. The van der Waals surface area contributed by atoms with E-state index in [0.717, 1.165) is 48.2 Å². The molecule has 1 aliphatic carbocycles. The SMILES string of the molecule is COC(=O)C1CCCCC1CNc1ncnc2c1cnn2-c1ccccc1. The molecule has 2 unspecified atom stereocenters. The van der Waals surface area contributed by atoms with Crippen molar-refractivity contribution in [3.8, 4) is 5.69 Å². The molecule has 1 fully saturated rings. The number of carbonyl (C=O) groups excluding carboxylic acids is 1. The van der Waals surface area contributed by atoms with Gasteiger partial charge in [-0.25, -0.2) is 14.6 Å². The minimum absolute atomic E-state index is 0.0411. The molecule has 1 saturated carbocycles. The molecule has 0 aliphatic heterocycles. The van der Waals surface area contributed by atoms with E-state index < -0.39 is 0 Å². The second-order valence-electron chi connectivity index (χ2n) is 6.91. The summed E-state index contributed by atoms with van der Waals surface area (Å²) in [5.41, 5.74) is 1.71. The molecule has 3 aromatic rings. The highest BCUT2D eigenvalue weighted by atomic mass is 16.5. The van der Waals surface area contributed by atoms with E-state index in [1.54, 1.807) is 17.2 Å². The van der Waals surface area contributed by atoms with Crippen molar-refractivity contribution < 1.29 is 9.53 Å². The molecule has 27 heavy (non-hydrogen) atoms. The average Bonchev–Trinajstić information content (AvgIpc) is 3.17. The first-order valence-corrected chi connectivity index (χ1v) is 9.34. The highest BCUT2D eigenvalue weighted by Crippen LogP contribution is 2.31. The third kappa shape index (κ3) is 3.49. The first kappa shape index (κ1) is 17.5. The monoisotopic (exact) mass is 365 g/mol. The second kappa shape index (κ2) is 7.73. The molecule has 1 N–H and O–H groups in total. The average molecular weight is 365 g/mol. The van der Waals surface area contributed by atoms with Gasteiger partial charge in [0.15, 0.2) is 5.65 Å². The lowest BCUT2D eigenvalue weighted by atomic mass is 9.79. The molecular weight excluding hydrogens is 342 g/mol. The molecule has 7 heteroatoms. The van der Waals surface area contributed by atoms with E-state index in [1.807, 2.05) is 30.3 Å². The fraction of sp³-hybridized carbons (Fsp3) is 0.400. The lowest BCUT2D eigenvalue weighted by Gasteiger charge is -2.29. The Hall–Kier alpha value is -2.96. The number of hydrogen-bond donors (Lipinski definition) is 1. The summed E-state index contributed by atoms with van der Waals surface area (Å²) in [5, 5.41) is 8.76. The summed E-state index contributed by atoms with van der Waals surface area (Å²) in [7, 11) is 1.47. The Kier molecular flexibility index (Phi) is 5.00. The van der Waals surface area contributed by atoms with E-state index in [-0.39, 0.29) is 17.8 Å². The van der Waals surface area contributed by atoms with Crippen molar-refractivity contribution in [2.45, 2.75) is 25.7 Å². The zero-order valence-corrected chi connectivity index (χ0v) is 15.3. The number of nitrogens with one attached hydrogen (secondary N) is 1. The predicted octanol–water partition coefficient (Wildman–Crippen LogP) is 3.21. The van der Waals surface area contributed by atoms with E-state index in [0.29, 0.717) is 6.54 Å². The number of anilines is 1. The quantitative estimate of drug-likeness (QED) is 0.699. The summed E-state index contributed by atoms with van der Waals surface area (Å²) in [6, 6.07) is 9.90. The highest BCUT2D eigenvalue weighted by molar-refractivity contribution is 5.87. The summed E-state index contributed by atoms with van der Waals surface area (Å²) in [5.74, 6) is 0.851. The van der Waals surface area contributed by atoms with E-state index >= 15 is 0 Å². The highest BCUT2D eigenvalue weighted by Gasteiger charge is 2.31. The van der Waals surface area contributed by atoms with Gasteiger partial charge in [0.05, 0.1) is 30.3 Å². The molecule has 0 amide bonds. The van der Waals surface area contributed by atoms with Gasteiger partial charge in [0, 0.05) is 6.54 Å². The molecule has 1 aromatic carbocycles. The smallest absolute Gasteiger partial charge is 0.309 e. The third-order valence-corrected chi connectivity index (χ3v) is 5.31. The van der Waals surface area contributed by atoms with Crippen LogP contribution in [0.2, 0.25) is 0 Å². The van der Waals surface area contributed by atoms with Gasteiger partial charge >= 0.3 is 5.97 Å². The van der Waals surface area contributed by atoms with Gasteiger partial charge in [0.25, 0.3) is 0 Å². The van der Waals surface area contributed by atoms with Crippen LogP contribution in [-0.4, -0.2) is 39.4 Å². The summed E-state index contributed by atoms with van der Waals surface area (Å²) < 4.78 is 6.79. The lowest BCUT2D eigenvalue weighted by Crippen LogP contribution is -2.32. The van der Waals surface area contributed by atoms with Gasteiger partial charge in [-0.15, -0.1) is 0 Å². The maximum atomic E-state index is 12.1. The van der Waals surface area contributed by atoms with Crippen LogP contribution in [0.1, 0.15) is 25.7 Å². The number of hydrogen-bond acceptors (Lipinski definition) is 6. The van der Waals surface area contributed by atoms with Crippen LogP contribution in [0, 0.1) is 11.8 Å². The molecule has 140 valence electrons. The van der Waals surface area contributed by atoms with Crippen LogP contribution in [0.3, 0.4) is 0 Å². The summed E-state index contributed by atoms with van der Waals surface area (Å²) >= 11 is 0. The normalized spacial score (nSPS) is 19.7. The van der Waals surface area contributed by atoms with Crippen molar-refractivity contribution in [1.29, 1.82) is 0 Å². The Morgan fingerprint density at radius 1 is 1.22 bits per heavy atom. The molecule has 7 nitrogen and oxygen atoms in total. The van der Waals surface area contributed by atoms with Gasteiger partial charge in [-0.3, -0.25) is 4.79 Å². The van der Waals surface area contributed by atoms with E-state index in [1.165, 1.54) is 7.11 Å². The number of carbonyl (C=O) groups is 1. The van der Waals surface area contributed by atoms with Crippen LogP contribution in [0.15, 0.2) is 42.9 Å². The van der Waals surface area contributed by atoms with Gasteiger partial charge in [0.1, 0.15) is 12.1 Å². The number of methoxy groups -OCH3 is 1. The zero-order chi connectivity index (χ0) is 18.6. The Morgan fingerprint density at radius 2 is 2.04 bits per heavy atom. The predicted molar refractivity (Wildman–Crippen MR) is 103 cm³/mol. The fourth-order valence-corrected chi connectivity index (χ4v) is 3.88. The number of rotatable bonds is 5. The number of nitrogens with zero attached hydrogens (tertiary/aromatic N) is 4. The Bertz CT molecular complexity index is 925. The first-order chi connectivity index (χ1) is 13.3. The fourth-order valence-electron chi connectivity index (χ4n) is 3.88. The van der Waals surface area contributed by atoms with Crippen LogP contribution < -0.4 is 5.32 Å². The molecule has 1 aliphatic rings. The Labute approximate surface area is 157 Å². The summed E-state index contributed by atoms with van der Waals surface area (Å²) in [6.07, 6.45) is 7.46. The van der Waals surface area contributed by atoms with Gasteiger partial charge in [0.2, 0.25) is 0 Å². The van der Waals surface area contributed by atoms with Crippen LogP contribution in [0.25, 0.3) is 16.7 Å². The van der Waals surface area contributed by atoms with Crippen molar-refractivity contribution in [2.24, 2.45) is 11.8 Å². The maximum absolute atomic E-state index is 12.1. The first-order valence-electron chi connectivity index (χ1n) is 9.34. The van der Waals surface area contributed by atoms with Crippen molar-refractivity contribution in [1.82, 2.24) is 19.7 Å². The lowest BCUT2D eigenvalue weighted by molar-refractivity contribution is -0.148. The van der Waals surface area contributed by atoms with Crippen molar-refractivity contribution in [3.05, 3.63) is 42.9 Å². The molecular formula is C20H23N5O2.